The van der Waals surface area contributed by atoms with Crippen LogP contribution in [0.15, 0.2) is 48.5 Å². The van der Waals surface area contributed by atoms with Gasteiger partial charge in [0.1, 0.15) is 18.2 Å². The zero-order valence-electron chi connectivity index (χ0n) is 14.5. The fraction of sp³-hybridized carbons (Fsp3) is 0.350. The first-order valence-electron chi connectivity index (χ1n) is 8.64. The SMILES string of the molecule is Cl.NC1CCC(NC(=O)c2cccc(COc3cccc(F)c3)c2)CC1. The second-order valence-electron chi connectivity index (χ2n) is 6.53. The molecule has 0 heterocycles. The Bertz CT molecular complexity index is 733. The molecule has 140 valence electrons. The van der Waals surface area contributed by atoms with Crippen LogP contribution in [-0.4, -0.2) is 18.0 Å². The highest BCUT2D eigenvalue weighted by Gasteiger charge is 2.20. The lowest BCUT2D eigenvalue weighted by molar-refractivity contribution is 0.0925. The van der Waals surface area contributed by atoms with E-state index in [1.165, 1.54) is 12.1 Å². The highest BCUT2D eigenvalue weighted by Crippen LogP contribution is 2.18. The summed E-state index contributed by atoms with van der Waals surface area (Å²) in [5.41, 5.74) is 7.37. The number of benzene rings is 2. The fourth-order valence-corrected chi connectivity index (χ4v) is 3.06. The molecule has 1 aliphatic rings. The Morgan fingerprint density at radius 1 is 1.12 bits per heavy atom. The summed E-state index contributed by atoms with van der Waals surface area (Å²) >= 11 is 0. The number of carbonyl (C=O) groups excluding carboxylic acids is 1. The first-order chi connectivity index (χ1) is 12.1. The Morgan fingerprint density at radius 3 is 2.58 bits per heavy atom. The molecule has 1 aliphatic carbocycles. The predicted molar refractivity (Wildman–Crippen MR) is 102 cm³/mol. The number of carbonyl (C=O) groups is 1. The van der Waals surface area contributed by atoms with E-state index in [1.807, 2.05) is 18.2 Å². The van der Waals surface area contributed by atoms with Crippen LogP contribution < -0.4 is 15.8 Å². The van der Waals surface area contributed by atoms with E-state index < -0.39 is 0 Å². The summed E-state index contributed by atoms with van der Waals surface area (Å²) in [5, 5.41) is 3.08. The van der Waals surface area contributed by atoms with Crippen LogP contribution in [0.1, 0.15) is 41.6 Å². The molecule has 6 heteroatoms. The standard InChI is InChI=1S/C20H23FN2O2.ClH/c21-16-5-2-6-19(12-16)25-13-14-3-1-4-15(11-14)20(24)23-18-9-7-17(22)8-10-18;/h1-6,11-12,17-18H,7-10,13,22H2,(H,23,24);1H. The molecular weight excluding hydrogens is 355 g/mol. The highest BCUT2D eigenvalue weighted by atomic mass is 35.5. The maximum Gasteiger partial charge on any atom is 0.251 e. The van der Waals surface area contributed by atoms with Gasteiger partial charge in [0.25, 0.3) is 5.91 Å². The van der Waals surface area contributed by atoms with Crippen molar-refractivity contribution in [1.82, 2.24) is 5.32 Å². The summed E-state index contributed by atoms with van der Waals surface area (Å²) in [6, 6.07) is 13.8. The molecule has 0 aliphatic heterocycles. The monoisotopic (exact) mass is 378 g/mol. The molecule has 2 aromatic rings. The summed E-state index contributed by atoms with van der Waals surface area (Å²) in [4.78, 5) is 12.4. The van der Waals surface area contributed by atoms with Crippen molar-refractivity contribution in [2.45, 2.75) is 44.4 Å². The smallest absolute Gasteiger partial charge is 0.251 e. The average molecular weight is 379 g/mol. The third-order valence-corrected chi connectivity index (χ3v) is 4.50. The molecule has 0 radical (unpaired) electrons. The van der Waals surface area contributed by atoms with Crippen LogP contribution >= 0.6 is 12.4 Å². The van der Waals surface area contributed by atoms with Crippen molar-refractivity contribution in [2.75, 3.05) is 0 Å². The van der Waals surface area contributed by atoms with Crippen LogP contribution in [-0.2, 0) is 6.61 Å². The summed E-state index contributed by atoms with van der Waals surface area (Å²) in [5.74, 6) is 0.0549. The Kier molecular flexibility index (Phi) is 7.42. The number of amides is 1. The van der Waals surface area contributed by atoms with E-state index in [0.29, 0.717) is 11.3 Å². The van der Waals surface area contributed by atoms with Crippen molar-refractivity contribution in [1.29, 1.82) is 0 Å². The Balaban J connectivity index is 0.00000243. The summed E-state index contributed by atoms with van der Waals surface area (Å²) in [6.07, 6.45) is 3.75. The van der Waals surface area contributed by atoms with Gasteiger partial charge in [0.15, 0.2) is 0 Å². The molecule has 0 spiro atoms. The van der Waals surface area contributed by atoms with Gasteiger partial charge >= 0.3 is 0 Å². The van der Waals surface area contributed by atoms with Crippen molar-refractivity contribution in [3.63, 3.8) is 0 Å². The van der Waals surface area contributed by atoms with Crippen LogP contribution in [0.4, 0.5) is 4.39 Å². The van der Waals surface area contributed by atoms with Gasteiger partial charge in [-0.2, -0.15) is 0 Å². The van der Waals surface area contributed by atoms with E-state index in [9.17, 15) is 9.18 Å². The van der Waals surface area contributed by atoms with E-state index in [0.717, 1.165) is 31.2 Å². The van der Waals surface area contributed by atoms with Gasteiger partial charge in [-0.15, -0.1) is 12.4 Å². The third-order valence-electron chi connectivity index (χ3n) is 4.50. The van der Waals surface area contributed by atoms with Crippen molar-refractivity contribution >= 4 is 18.3 Å². The normalized spacial score (nSPS) is 19.3. The van der Waals surface area contributed by atoms with Crippen molar-refractivity contribution in [3.05, 3.63) is 65.5 Å². The third kappa shape index (κ3) is 5.71. The molecule has 1 saturated carbocycles. The Labute approximate surface area is 159 Å². The molecule has 3 rings (SSSR count). The van der Waals surface area contributed by atoms with E-state index in [4.69, 9.17) is 10.5 Å². The lowest BCUT2D eigenvalue weighted by atomic mass is 9.91. The van der Waals surface area contributed by atoms with Gasteiger partial charge in [-0.25, -0.2) is 4.39 Å². The van der Waals surface area contributed by atoms with Crippen molar-refractivity contribution in [3.8, 4) is 5.75 Å². The first-order valence-corrected chi connectivity index (χ1v) is 8.64. The number of nitrogens with two attached hydrogens (primary N) is 1. The predicted octanol–water partition coefficient (Wildman–Crippen LogP) is 3.83. The second-order valence-corrected chi connectivity index (χ2v) is 6.53. The van der Waals surface area contributed by atoms with E-state index in [2.05, 4.69) is 5.32 Å². The maximum absolute atomic E-state index is 13.2. The van der Waals surface area contributed by atoms with Gasteiger partial charge in [0.05, 0.1) is 0 Å². The molecule has 2 aromatic carbocycles. The highest BCUT2D eigenvalue weighted by molar-refractivity contribution is 5.94. The molecule has 0 aromatic heterocycles. The second kappa shape index (κ2) is 9.55. The molecule has 4 nitrogen and oxygen atoms in total. The fourth-order valence-electron chi connectivity index (χ4n) is 3.06. The molecule has 3 N–H and O–H groups in total. The van der Waals surface area contributed by atoms with Crippen molar-refractivity contribution in [2.24, 2.45) is 5.73 Å². The molecule has 26 heavy (non-hydrogen) atoms. The summed E-state index contributed by atoms with van der Waals surface area (Å²) < 4.78 is 18.8. The molecule has 0 unspecified atom stereocenters. The van der Waals surface area contributed by atoms with Gasteiger partial charge in [-0.1, -0.05) is 18.2 Å². The lowest BCUT2D eigenvalue weighted by Crippen LogP contribution is -2.40. The van der Waals surface area contributed by atoms with Gasteiger partial charge < -0.3 is 15.8 Å². The topological polar surface area (TPSA) is 64.3 Å². The molecule has 1 amide bonds. The Hall–Kier alpha value is -2.11. The van der Waals surface area contributed by atoms with E-state index >= 15 is 0 Å². The average Bonchev–Trinajstić information content (AvgIpc) is 2.62. The largest absolute Gasteiger partial charge is 0.489 e. The quantitative estimate of drug-likeness (QED) is 0.831. The molecule has 0 bridgehead atoms. The van der Waals surface area contributed by atoms with E-state index in [1.54, 1.807) is 18.2 Å². The number of ether oxygens (including phenoxy) is 1. The minimum atomic E-state index is -0.335. The summed E-state index contributed by atoms with van der Waals surface area (Å²) in [6.45, 7) is 0.281. The van der Waals surface area contributed by atoms with Crippen molar-refractivity contribution < 1.29 is 13.9 Å². The first kappa shape index (κ1) is 20.2. The zero-order chi connectivity index (χ0) is 17.6. The lowest BCUT2D eigenvalue weighted by Gasteiger charge is -2.26. The number of nitrogens with one attached hydrogen (secondary N) is 1. The minimum Gasteiger partial charge on any atom is -0.489 e. The molecule has 1 fully saturated rings. The minimum absolute atomic E-state index is 0. The summed E-state index contributed by atoms with van der Waals surface area (Å²) in [7, 11) is 0. The van der Waals surface area contributed by atoms with Gasteiger partial charge in [0, 0.05) is 23.7 Å². The zero-order valence-corrected chi connectivity index (χ0v) is 15.3. The van der Waals surface area contributed by atoms with Crippen LogP contribution in [0.25, 0.3) is 0 Å². The number of hydrogen-bond acceptors (Lipinski definition) is 3. The number of hydrogen-bond donors (Lipinski definition) is 2. The van der Waals surface area contributed by atoms with Crippen LogP contribution in [0, 0.1) is 5.82 Å². The van der Waals surface area contributed by atoms with E-state index in [-0.39, 0.29) is 42.8 Å². The van der Waals surface area contributed by atoms with Crippen LogP contribution in [0.2, 0.25) is 0 Å². The molecular formula is C20H24ClFN2O2. The number of halogens is 2. The van der Waals surface area contributed by atoms with Crippen LogP contribution in [0.3, 0.4) is 0 Å². The van der Waals surface area contributed by atoms with Gasteiger partial charge in [-0.05, 0) is 55.5 Å². The van der Waals surface area contributed by atoms with Gasteiger partial charge in [-0.3, -0.25) is 4.79 Å². The number of rotatable bonds is 5. The van der Waals surface area contributed by atoms with Crippen LogP contribution in [0.5, 0.6) is 5.75 Å². The van der Waals surface area contributed by atoms with Gasteiger partial charge in [0.2, 0.25) is 0 Å². The maximum atomic E-state index is 13.2. The molecule has 0 atom stereocenters. The Morgan fingerprint density at radius 2 is 1.85 bits per heavy atom. The molecule has 0 saturated heterocycles.